The molecular formula is C15H30N2O2. The van der Waals surface area contributed by atoms with Crippen LogP contribution in [0.3, 0.4) is 0 Å². The van der Waals surface area contributed by atoms with E-state index in [1.54, 1.807) is 0 Å². The number of carbonyl (C=O) groups is 1. The number of likely N-dealkylation sites (N-methyl/N-ethyl adjacent to an activating group) is 1. The lowest BCUT2D eigenvalue weighted by atomic mass is 10.0. The highest BCUT2D eigenvalue weighted by molar-refractivity contribution is 5.80. The van der Waals surface area contributed by atoms with Gasteiger partial charge in [-0.1, -0.05) is 19.8 Å². The molecule has 1 aliphatic rings. The molecule has 0 heterocycles. The Labute approximate surface area is 117 Å². The van der Waals surface area contributed by atoms with Gasteiger partial charge in [0.2, 0.25) is 0 Å². The minimum absolute atomic E-state index is 0.167. The minimum Gasteiger partial charge on any atom is -0.468 e. The van der Waals surface area contributed by atoms with Crippen molar-refractivity contribution in [3.8, 4) is 0 Å². The Morgan fingerprint density at radius 2 is 2.05 bits per heavy atom. The normalized spacial score (nSPS) is 19.6. The molecule has 0 amide bonds. The molecule has 0 aromatic rings. The van der Waals surface area contributed by atoms with E-state index in [9.17, 15) is 4.79 Å². The molecule has 0 saturated heterocycles. The molecule has 112 valence electrons. The Hall–Kier alpha value is -0.610. The van der Waals surface area contributed by atoms with E-state index in [0.29, 0.717) is 6.54 Å². The molecule has 0 aliphatic heterocycles. The highest BCUT2D eigenvalue weighted by Gasteiger charge is 2.35. The van der Waals surface area contributed by atoms with Crippen molar-refractivity contribution < 1.29 is 9.53 Å². The molecule has 1 aliphatic carbocycles. The van der Waals surface area contributed by atoms with E-state index in [-0.39, 0.29) is 5.97 Å². The minimum atomic E-state index is -0.599. The van der Waals surface area contributed by atoms with Crippen LogP contribution >= 0.6 is 0 Å². The molecule has 0 spiro atoms. The van der Waals surface area contributed by atoms with Gasteiger partial charge in [-0.3, -0.25) is 4.79 Å². The van der Waals surface area contributed by atoms with Crippen molar-refractivity contribution in [3.63, 3.8) is 0 Å². The van der Waals surface area contributed by atoms with Gasteiger partial charge in [-0.25, -0.2) is 0 Å². The van der Waals surface area contributed by atoms with E-state index in [1.807, 2.05) is 6.92 Å². The summed E-state index contributed by atoms with van der Waals surface area (Å²) >= 11 is 0. The third-order valence-electron chi connectivity index (χ3n) is 4.03. The fourth-order valence-corrected chi connectivity index (χ4v) is 3.06. The smallest absolute Gasteiger partial charge is 0.327 e. The Bertz CT molecular complexity index is 277. The van der Waals surface area contributed by atoms with E-state index in [4.69, 9.17) is 4.74 Å². The molecule has 19 heavy (non-hydrogen) atoms. The van der Waals surface area contributed by atoms with Gasteiger partial charge in [0.15, 0.2) is 0 Å². The molecule has 1 atom stereocenters. The fourth-order valence-electron chi connectivity index (χ4n) is 3.06. The first kappa shape index (κ1) is 16.4. The van der Waals surface area contributed by atoms with Gasteiger partial charge in [-0.15, -0.1) is 0 Å². The fraction of sp³-hybridized carbons (Fsp3) is 0.933. The van der Waals surface area contributed by atoms with E-state index >= 15 is 0 Å². The third kappa shape index (κ3) is 5.11. The van der Waals surface area contributed by atoms with Gasteiger partial charge < -0.3 is 15.0 Å². The lowest BCUT2D eigenvalue weighted by Gasteiger charge is -2.33. The maximum atomic E-state index is 12.0. The van der Waals surface area contributed by atoms with Crippen molar-refractivity contribution in [2.45, 2.75) is 51.5 Å². The Morgan fingerprint density at radius 1 is 1.42 bits per heavy atom. The predicted octanol–water partition coefficient (Wildman–Crippen LogP) is 2.04. The summed E-state index contributed by atoms with van der Waals surface area (Å²) in [5.41, 5.74) is -0.599. The molecule has 1 N–H and O–H groups in total. The second-order valence-corrected chi connectivity index (χ2v) is 6.10. The molecule has 1 saturated carbocycles. The number of carbonyl (C=O) groups excluding carboxylic acids is 1. The van der Waals surface area contributed by atoms with Gasteiger partial charge in [-0.05, 0) is 45.7 Å². The number of nitrogens with zero attached hydrogens (tertiary/aromatic N) is 1. The van der Waals surface area contributed by atoms with Crippen LogP contribution in [0.25, 0.3) is 0 Å². The summed E-state index contributed by atoms with van der Waals surface area (Å²) in [5, 5.41) is 3.34. The Balaban J connectivity index is 2.52. The average Bonchev–Trinajstić information content (AvgIpc) is 2.87. The summed E-state index contributed by atoms with van der Waals surface area (Å²) in [5.74, 6) is 0.636. The second-order valence-electron chi connectivity index (χ2n) is 6.10. The number of rotatable bonds is 8. The van der Waals surface area contributed by atoms with Crippen LogP contribution in [0.15, 0.2) is 0 Å². The van der Waals surface area contributed by atoms with Crippen LogP contribution in [-0.4, -0.2) is 50.2 Å². The zero-order valence-electron chi connectivity index (χ0n) is 13.0. The van der Waals surface area contributed by atoms with Crippen molar-refractivity contribution >= 4 is 5.97 Å². The number of hydrogen-bond acceptors (Lipinski definition) is 4. The summed E-state index contributed by atoms with van der Waals surface area (Å²) in [6, 6.07) is 0. The molecule has 1 fully saturated rings. The summed E-state index contributed by atoms with van der Waals surface area (Å²) in [6.07, 6.45) is 6.41. The van der Waals surface area contributed by atoms with Crippen LogP contribution in [0.4, 0.5) is 0 Å². The maximum Gasteiger partial charge on any atom is 0.327 e. The van der Waals surface area contributed by atoms with Gasteiger partial charge in [0.25, 0.3) is 0 Å². The summed E-state index contributed by atoms with van der Waals surface area (Å²) < 4.78 is 4.96. The number of esters is 1. The van der Waals surface area contributed by atoms with E-state index in [2.05, 4.69) is 24.2 Å². The Kier molecular flexibility index (Phi) is 6.80. The van der Waals surface area contributed by atoms with Gasteiger partial charge >= 0.3 is 5.97 Å². The highest BCUT2D eigenvalue weighted by Crippen LogP contribution is 2.25. The highest BCUT2D eigenvalue weighted by atomic mass is 16.5. The zero-order valence-corrected chi connectivity index (χ0v) is 13.0. The SMILES string of the molecule is CCCNC(C)(CN(C)CC1CCCC1)C(=O)OC. The van der Waals surface area contributed by atoms with E-state index in [0.717, 1.165) is 25.4 Å². The summed E-state index contributed by atoms with van der Waals surface area (Å²) in [4.78, 5) is 14.3. The third-order valence-corrected chi connectivity index (χ3v) is 4.03. The summed E-state index contributed by atoms with van der Waals surface area (Å²) in [7, 11) is 3.57. The first-order valence-electron chi connectivity index (χ1n) is 7.54. The first-order valence-corrected chi connectivity index (χ1v) is 7.54. The lowest BCUT2D eigenvalue weighted by Crippen LogP contribution is -2.57. The number of methoxy groups -OCH3 is 1. The zero-order chi connectivity index (χ0) is 14.3. The van der Waals surface area contributed by atoms with Crippen LogP contribution in [-0.2, 0) is 9.53 Å². The molecule has 0 bridgehead atoms. The van der Waals surface area contributed by atoms with E-state index < -0.39 is 5.54 Å². The van der Waals surface area contributed by atoms with Crippen LogP contribution < -0.4 is 5.32 Å². The van der Waals surface area contributed by atoms with E-state index in [1.165, 1.54) is 32.8 Å². The monoisotopic (exact) mass is 270 g/mol. The maximum absolute atomic E-state index is 12.0. The van der Waals surface area contributed by atoms with Gasteiger partial charge in [0, 0.05) is 13.1 Å². The molecule has 1 rings (SSSR count). The second kappa shape index (κ2) is 7.85. The van der Waals surface area contributed by atoms with Crippen LogP contribution in [0.2, 0.25) is 0 Å². The van der Waals surface area contributed by atoms with Crippen molar-refractivity contribution in [2.24, 2.45) is 5.92 Å². The van der Waals surface area contributed by atoms with Gasteiger partial charge in [0.1, 0.15) is 5.54 Å². The van der Waals surface area contributed by atoms with Crippen molar-refractivity contribution in [1.29, 1.82) is 0 Å². The molecule has 4 nitrogen and oxygen atoms in total. The first-order chi connectivity index (χ1) is 9.01. The molecule has 4 heteroatoms. The quantitative estimate of drug-likeness (QED) is 0.685. The number of hydrogen-bond donors (Lipinski definition) is 1. The lowest BCUT2D eigenvalue weighted by molar-refractivity contribution is -0.148. The Morgan fingerprint density at radius 3 is 2.58 bits per heavy atom. The van der Waals surface area contributed by atoms with Crippen LogP contribution in [0.1, 0.15) is 46.0 Å². The molecular weight excluding hydrogens is 240 g/mol. The molecule has 0 aromatic carbocycles. The number of ether oxygens (including phenoxy) is 1. The average molecular weight is 270 g/mol. The van der Waals surface area contributed by atoms with Crippen molar-refractivity contribution in [1.82, 2.24) is 10.2 Å². The molecule has 0 radical (unpaired) electrons. The summed E-state index contributed by atoms with van der Waals surface area (Å²) in [6.45, 7) is 6.67. The van der Waals surface area contributed by atoms with Gasteiger partial charge in [0.05, 0.1) is 7.11 Å². The topological polar surface area (TPSA) is 41.6 Å². The largest absolute Gasteiger partial charge is 0.468 e. The van der Waals surface area contributed by atoms with Crippen LogP contribution in [0.5, 0.6) is 0 Å². The standard InChI is InChI=1S/C15H30N2O2/c1-5-10-16-15(2,14(18)19-4)12-17(3)11-13-8-6-7-9-13/h13,16H,5-12H2,1-4H3. The molecule has 0 aromatic heterocycles. The van der Waals surface area contributed by atoms with Crippen LogP contribution in [0, 0.1) is 5.92 Å². The number of nitrogens with one attached hydrogen (secondary N) is 1. The van der Waals surface area contributed by atoms with Crippen molar-refractivity contribution in [2.75, 3.05) is 33.8 Å². The van der Waals surface area contributed by atoms with Gasteiger partial charge in [-0.2, -0.15) is 0 Å². The molecule has 1 unspecified atom stereocenters. The van der Waals surface area contributed by atoms with Crippen molar-refractivity contribution in [3.05, 3.63) is 0 Å². The predicted molar refractivity (Wildman–Crippen MR) is 78.2 cm³/mol.